The zero-order chi connectivity index (χ0) is 27.4. The van der Waals surface area contributed by atoms with Gasteiger partial charge in [0.25, 0.3) is 0 Å². The maximum absolute atomic E-state index is 13.1. The lowest BCUT2D eigenvalue weighted by molar-refractivity contribution is -0.137. The lowest BCUT2D eigenvalue weighted by Gasteiger charge is -2.44. The molecule has 1 unspecified atom stereocenters. The first kappa shape index (κ1) is 29.5. The normalized spacial score (nSPS) is 19.4. The fourth-order valence-electron chi connectivity index (χ4n) is 4.46. The molecule has 0 aliphatic heterocycles. The molecule has 2 aromatic heterocycles. The van der Waals surface area contributed by atoms with Gasteiger partial charge in [-0.05, 0) is 77.0 Å². The zero-order valence-corrected chi connectivity index (χ0v) is 25.8. The Labute approximate surface area is 227 Å². The average Bonchev–Trinajstić information content (AvgIpc) is 2.70. The molecule has 0 amide bonds. The van der Waals surface area contributed by atoms with Crippen molar-refractivity contribution < 1.29 is 22.7 Å². The highest BCUT2D eigenvalue weighted by molar-refractivity contribution is 14.1. The Kier molecular flexibility index (Phi) is 8.14. The first-order chi connectivity index (χ1) is 16.2. The molecule has 3 rings (SSSR count). The van der Waals surface area contributed by atoms with Crippen LogP contribution in [0.4, 0.5) is 13.2 Å². The van der Waals surface area contributed by atoms with Gasteiger partial charge in [-0.25, -0.2) is 0 Å². The van der Waals surface area contributed by atoms with Crippen molar-refractivity contribution >= 4 is 30.9 Å². The molecule has 0 fully saturated rings. The van der Waals surface area contributed by atoms with Gasteiger partial charge < -0.3 is 9.53 Å². The summed E-state index contributed by atoms with van der Waals surface area (Å²) in [5.41, 5.74) is 2.67. The Morgan fingerprint density at radius 3 is 2.25 bits per heavy atom. The summed E-state index contributed by atoms with van der Waals surface area (Å²) < 4.78 is 47.0. The van der Waals surface area contributed by atoms with Crippen LogP contribution in [0.25, 0.3) is 0 Å². The van der Waals surface area contributed by atoms with Crippen molar-refractivity contribution in [1.29, 1.82) is 0 Å². The van der Waals surface area contributed by atoms with Gasteiger partial charge in [-0.3, -0.25) is 9.97 Å². The first-order valence-electron chi connectivity index (χ1n) is 12.4. The Bertz CT molecular complexity index is 1110. The molecule has 1 aliphatic rings. The van der Waals surface area contributed by atoms with Crippen LogP contribution < -0.4 is 0 Å². The highest BCUT2D eigenvalue weighted by Crippen LogP contribution is 2.50. The Balaban J connectivity index is 2.18. The Hall–Kier alpha value is -1.04. The predicted molar refractivity (Wildman–Crippen MR) is 147 cm³/mol. The molecule has 9 heteroatoms. The second-order valence-corrected chi connectivity index (χ2v) is 18.4. The van der Waals surface area contributed by atoms with Crippen molar-refractivity contribution in [2.45, 2.75) is 104 Å². The van der Waals surface area contributed by atoms with E-state index in [1.54, 1.807) is 0 Å². The van der Waals surface area contributed by atoms with E-state index in [2.05, 4.69) is 75.3 Å². The van der Waals surface area contributed by atoms with Crippen LogP contribution in [0.3, 0.4) is 0 Å². The SMILES string of the molecule is CC(C)c1nc2c(c(I)c1[C@H](O)c1ccc(C(F)(F)F)cn1)C(O[Si](C)(C)C(C)(C)C)CC(C)(C)C2. The van der Waals surface area contributed by atoms with Crippen LogP contribution in [0.5, 0.6) is 0 Å². The number of nitrogens with zero attached hydrogens (tertiary/aromatic N) is 2. The summed E-state index contributed by atoms with van der Waals surface area (Å²) in [6.07, 6.45) is -3.45. The first-order valence-corrected chi connectivity index (χ1v) is 16.3. The lowest BCUT2D eigenvalue weighted by atomic mass is 9.74. The topological polar surface area (TPSA) is 55.2 Å². The van der Waals surface area contributed by atoms with Gasteiger partial charge in [0.15, 0.2) is 8.32 Å². The van der Waals surface area contributed by atoms with Crippen molar-refractivity contribution in [2.24, 2.45) is 5.41 Å². The molecule has 0 bridgehead atoms. The van der Waals surface area contributed by atoms with Crippen LogP contribution in [0.15, 0.2) is 18.3 Å². The molecule has 2 heterocycles. The molecule has 2 atom stereocenters. The minimum atomic E-state index is -4.48. The van der Waals surface area contributed by atoms with Gasteiger partial charge in [0.05, 0.1) is 23.1 Å². The summed E-state index contributed by atoms with van der Waals surface area (Å²) in [5.74, 6) is 0.00714. The summed E-state index contributed by atoms with van der Waals surface area (Å²) in [6.45, 7) is 19.6. The fraction of sp³-hybridized carbons (Fsp3) is 0.630. The number of hydrogen-bond acceptors (Lipinski definition) is 4. The molecular formula is C27H38F3IN2O2Si. The van der Waals surface area contributed by atoms with Crippen LogP contribution in [0.2, 0.25) is 18.1 Å². The number of fused-ring (bicyclic) bond motifs is 1. The van der Waals surface area contributed by atoms with Crippen LogP contribution in [0.1, 0.15) is 107 Å². The third-order valence-corrected chi connectivity index (χ3v) is 13.1. The van der Waals surface area contributed by atoms with E-state index < -0.39 is 26.2 Å². The standard InChI is InChI=1S/C27H38F3IN2O2Si/c1-15(2)23-21(24(34)17-11-10-16(14-32-17)27(28,29)30)22(31)20-18(33-23)12-26(6,7)13-19(20)35-36(8,9)25(3,4)5/h10-11,14-15,19,24,34H,12-13H2,1-9H3/t19?,24-/m1/s1. The summed E-state index contributed by atoms with van der Waals surface area (Å²) in [4.78, 5) is 9.06. The van der Waals surface area contributed by atoms with E-state index in [0.717, 1.165) is 45.6 Å². The molecular weight excluding hydrogens is 596 g/mol. The highest BCUT2D eigenvalue weighted by atomic mass is 127. The summed E-state index contributed by atoms with van der Waals surface area (Å²) in [7, 11) is -2.13. The maximum atomic E-state index is 13.1. The third kappa shape index (κ3) is 5.99. The minimum Gasteiger partial charge on any atom is -0.410 e. The molecule has 200 valence electrons. The number of aromatic nitrogens is 2. The van der Waals surface area contributed by atoms with E-state index in [4.69, 9.17) is 9.41 Å². The van der Waals surface area contributed by atoms with Crippen LogP contribution >= 0.6 is 22.6 Å². The fourth-order valence-corrected chi connectivity index (χ4v) is 6.95. The second kappa shape index (κ2) is 9.93. The molecule has 0 spiro atoms. The van der Waals surface area contributed by atoms with E-state index in [-0.39, 0.29) is 28.2 Å². The smallest absolute Gasteiger partial charge is 0.410 e. The molecule has 36 heavy (non-hydrogen) atoms. The van der Waals surface area contributed by atoms with Gasteiger partial charge in [0.1, 0.15) is 6.10 Å². The Morgan fingerprint density at radius 1 is 1.17 bits per heavy atom. The van der Waals surface area contributed by atoms with E-state index in [1.165, 1.54) is 6.07 Å². The van der Waals surface area contributed by atoms with Crippen molar-refractivity contribution in [3.05, 3.63) is 55.7 Å². The number of pyridine rings is 2. The summed E-state index contributed by atoms with van der Waals surface area (Å²) >= 11 is 2.27. The van der Waals surface area contributed by atoms with Gasteiger partial charge >= 0.3 is 6.18 Å². The van der Waals surface area contributed by atoms with Gasteiger partial charge in [0, 0.05) is 26.6 Å². The van der Waals surface area contributed by atoms with Crippen LogP contribution in [-0.4, -0.2) is 23.4 Å². The van der Waals surface area contributed by atoms with E-state index in [0.29, 0.717) is 5.56 Å². The monoisotopic (exact) mass is 634 g/mol. The maximum Gasteiger partial charge on any atom is 0.417 e. The number of hydrogen-bond donors (Lipinski definition) is 1. The predicted octanol–water partition coefficient (Wildman–Crippen LogP) is 8.34. The van der Waals surface area contributed by atoms with Gasteiger partial charge in [-0.1, -0.05) is 48.5 Å². The number of halogens is 4. The van der Waals surface area contributed by atoms with Crippen molar-refractivity contribution in [3.8, 4) is 0 Å². The van der Waals surface area contributed by atoms with Gasteiger partial charge in [-0.2, -0.15) is 13.2 Å². The zero-order valence-electron chi connectivity index (χ0n) is 22.6. The number of aliphatic hydroxyl groups is 1. The number of alkyl halides is 3. The minimum absolute atomic E-state index is 0.000521. The van der Waals surface area contributed by atoms with E-state index in [1.807, 2.05) is 13.8 Å². The van der Waals surface area contributed by atoms with Gasteiger partial charge in [-0.15, -0.1) is 0 Å². The number of rotatable bonds is 5. The van der Waals surface area contributed by atoms with Crippen LogP contribution in [0, 0.1) is 8.99 Å². The third-order valence-electron chi connectivity index (χ3n) is 7.48. The molecule has 1 aliphatic carbocycles. The molecule has 1 N–H and O–H groups in total. The van der Waals surface area contributed by atoms with Crippen molar-refractivity contribution in [3.63, 3.8) is 0 Å². The van der Waals surface area contributed by atoms with Crippen LogP contribution in [-0.2, 0) is 17.0 Å². The highest BCUT2D eigenvalue weighted by Gasteiger charge is 2.44. The molecule has 0 radical (unpaired) electrons. The molecule has 2 aromatic rings. The second-order valence-electron chi connectivity index (χ2n) is 12.5. The van der Waals surface area contributed by atoms with Gasteiger partial charge in [0.2, 0.25) is 0 Å². The van der Waals surface area contributed by atoms with Crippen molar-refractivity contribution in [1.82, 2.24) is 9.97 Å². The molecule has 0 saturated carbocycles. The number of aliphatic hydroxyl groups excluding tert-OH is 1. The molecule has 4 nitrogen and oxygen atoms in total. The Morgan fingerprint density at radius 2 is 1.78 bits per heavy atom. The largest absolute Gasteiger partial charge is 0.417 e. The van der Waals surface area contributed by atoms with Crippen molar-refractivity contribution in [2.75, 3.05) is 0 Å². The quantitative estimate of drug-likeness (QED) is 0.266. The average molecular weight is 635 g/mol. The molecule has 0 saturated heterocycles. The summed E-state index contributed by atoms with van der Waals surface area (Å²) in [5, 5.41) is 11.5. The van der Waals surface area contributed by atoms with E-state index in [9.17, 15) is 18.3 Å². The van der Waals surface area contributed by atoms with E-state index >= 15 is 0 Å². The lowest BCUT2D eigenvalue weighted by Crippen LogP contribution is -2.44. The summed E-state index contributed by atoms with van der Waals surface area (Å²) in [6, 6.07) is 2.21. The molecule has 0 aromatic carbocycles.